The van der Waals surface area contributed by atoms with Crippen molar-refractivity contribution in [3.8, 4) is 17.4 Å². The van der Waals surface area contributed by atoms with E-state index >= 15 is 0 Å². The van der Waals surface area contributed by atoms with Crippen LogP contribution in [0.15, 0.2) is 48.5 Å². The Hall–Kier alpha value is -3.35. The molecule has 128 valence electrons. The van der Waals surface area contributed by atoms with Crippen molar-refractivity contribution in [3.63, 3.8) is 0 Å². The van der Waals surface area contributed by atoms with Crippen LogP contribution in [0.5, 0.6) is 17.4 Å². The second kappa shape index (κ2) is 7.04. The first kappa shape index (κ1) is 16.5. The first-order valence-corrected chi connectivity index (χ1v) is 7.49. The summed E-state index contributed by atoms with van der Waals surface area (Å²) in [6.07, 6.45) is 0. The maximum Gasteiger partial charge on any atom is 0.299 e. The van der Waals surface area contributed by atoms with E-state index in [0.717, 1.165) is 11.3 Å². The fraction of sp³-hybridized carbons (Fsp3) is 0.167. The lowest BCUT2D eigenvalue weighted by Gasteiger charge is -2.08. The molecule has 0 amide bonds. The Morgan fingerprint density at radius 2 is 1.72 bits per heavy atom. The summed E-state index contributed by atoms with van der Waals surface area (Å²) in [5.41, 5.74) is 1.08. The van der Waals surface area contributed by atoms with Crippen LogP contribution in [0.1, 0.15) is 5.56 Å². The molecule has 0 aliphatic rings. The quantitative estimate of drug-likeness (QED) is 0.502. The molecule has 0 atom stereocenters. The van der Waals surface area contributed by atoms with Gasteiger partial charge in [-0.25, -0.2) is 4.98 Å². The van der Waals surface area contributed by atoms with Crippen molar-refractivity contribution in [1.29, 1.82) is 0 Å². The van der Waals surface area contributed by atoms with E-state index in [4.69, 9.17) is 14.2 Å². The van der Waals surface area contributed by atoms with Crippen molar-refractivity contribution in [2.24, 2.45) is 0 Å². The number of benzene rings is 2. The third kappa shape index (κ3) is 3.60. The molecule has 1 aromatic heterocycles. The molecule has 25 heavy (non-hydrogen) atoms. The molecule has 0 saturated heterocycles. The predicted octanol–water partition coefficient (Wildman–Crippen LogP) is 3.74. The van der Waals surface area contributed by atoms with E-state index in [0.29, 0.717) is 23.6 Å². The fourth-order valence-electron chi connectivity index (χ4n) is 2.39. The van der Waals surface area contributed by atoms with Crippen LogP contribution in [-0.2, 0) is 6.61 Å². The van der Waals surface area contributed by atoms with Gasteiger partial charge in [0.2, 0.25) is 5.88 Å². The smallest absolute Gasteiger partial charge is 0.299 e. The van der Waals surface area contributed by atoms with Gasteiger partial charge in [-0.1, -0.05) is 12.1 Å². The van der Waals surface area contributed by atoms with Gasteiger partial charge in [-0.05, 0) is 29.8 Å². The number of hydrogen-bond acceptors (Lipinski definition) is 6. The van der Waals surface area contributed by atoms with Crippen molar-refractivity contribution >= 4 is 16.6 Å². The largest absolute Gasteiger partial charge is 0.497 e. The summed E-state index contributed by atoms with van der Waals surface area (Å²) in [6, 6.07) is 13.9. The van der Waals surface area contributed by atoms with Crippen molar-refractivity contribution in [3.05, 3.63) is 64.2 Å². The van der Waals surface area contributed by atoms with Crippen LogP contribution in [0.25, 0.3) is 10.9 Å². The minimum atomic E-state index is -0.481. The first-order chi connectivity index (χ1) is 12.1. The second-order valence-electron chi connectivity index (χ2n) is 5.26. The number of nitro benzene ring substituents is 1. The minimum absolute atomic E-state index is 0.121. The van der Waals surface area contributed by atoms with E-state index in [-0.39, 0.29) is 11.2 Å². The molecule has 3 rings (SSSR count). The monoisotopic (exact) mass is 340 g/mol. The number of ether oxygens (including phenoxy) is 3. The lowest BCUT2D eigenvalue weighted by Crippen LogP contribution is -1.99. The van der Waals surface area contributed by atoms with E-state index in [1.807, 2.05) is 24.3 Å². The number of non-ortho nitro benzene ring substituents is 1. The highest BCUT2D eigenvalue weighted by Crippen LogP contribution is 2.31. The lowest BCUT2D eigenvalue weighted by atomic mass is 10.2. The molecule has 7 heteroatoms. The molecule has 0 radical (unpaired) electrons. The highest BCUT2D eigenvalue weighted by molar-refractivity contribution is 5.89. The molecule has 0 saturated carbocycles. The SMILES string of the molecule is COc1ccc(COc2ccc3cc(OC)cc([N+](=O)[O-])c3n2)cc1. The Bertz CT molecular complexity index is 909. The number of pyridine rings is 1. The molecule has 0 N–H and O–H groups in total. The van der Waals surface area contributed by atoms with Gasteiger partial charge in [0.05, 0.1) is 25.2 Å². The average Bonchev–Trinajstić information content (AvgIpc) is 2.65. The highest BCUT2D eigenvalue weighted by Gasteiger charge is 2.16. The summed E-state index contributed by atoms with van der Waals surface area (Å²) in [7, 11) is 3.07. The van der Waals surface area contributed by atoms with Gasteiger partial charge in [-0.2, -0.15) is 0 Å². The van der Waals surface area contributed by atoms with Gasteiger partial charge in [0.15, 0.2) is 5.52 Å². The summed E-state index contributed by atoms with van der Waals surface area (Å²) >= 11 is 0. The first-order valence-electron chi connectivity index (χ1n) is 7.49. The van der Waals surface area contributed by atoms with Gasteiger partial charge in [0.1, 0.15) is 18.1 Å². The third-order valence-electron chi connectivity index (χ3n) is 3.70. The van der Waals surface area contributed by atoms with Crippen molar-refractivity contribution in [1.82, 2.24) is 4.98 Å². The second-order valence-corrected chi connectivity index (χ2v) is 5.26. The topological polar surface area (TPSA) is 83.7 Å². The van der Waals surface area contributed by atoms with Crippen LogP contribution < -0.4 is 14.2 Å². The Morgan fingerprint density at radius 3 is 2.36 bits per heavy atom. The zero-order valence-electron chi connectivity index (χ0n) is 13.8. The Morgan fingerprint density at radius 1 is 1.00 bits per heavy atom. The minimum Gasteiger partial charge on any atom is -0.497 e. The van der Waals surface area contributed by atoms with Gasteiger partial charge >= 0.3 is 0 Å². The van der Waals surface area contributed by atoms with Gasteiger partial charge < -0.3 is 14.2 Å². The summed E-state index contributed by atoms with van der Waals surface area (Å²) in [4.78, 5) is 15.1. The molecule has 0 unspecified atom stereocenters. The van der Waals surface area contributed by atoms with Gasteiger partial charge in [-0.3, -0.25) is 10.1 Å². The van der Waals surface area contributed by atoms with E-state index in [1.54, 1.807) is 25.3 Å². The maximum absolute atomic E-state index is 11.3. The molecular weight excluding hydrogens is 324 g/mol. The summed E-state index contributed by atoms with van der Waals surface area (Å²) < 4.78 is 15.9. The van der Waals surface area contributed by atoms with E-state index < -0.39 is 4.92 Å². The normalized spacial score (nSPS) is 10.5. The van der Waals surface area contributed by atoms with Crippen LogP contribution in [0.3, 0.4) is 0 Å². The van der Waals surface area contributed by atoms with Crippen LogP contribution >= 0.6 is 0 Å². The maximum atomic E-state index is 11.3. The Kier molecular flexibility index (Phi) is 4.65. The number of methoxy groups -OCH3 is 2. The highest BCUT2D eigenvalue weighted by atomic mass is 16.6. The molecule has 1 heterocycles. The molecular formula is C18H16N2O5. The molecule has 0 aliphatic heterocycles. The summed E-state index contributed by atoms with van der Waals surface area (Å²) in [6.45, 7) is 0.298. The summed E-state index contributed by atoms with van der Waals surface area (Å²) in [5, 5.41) is 11.9. The van der Waals surface area contributed by atoms with Gasteiger partial charge in [0, 0.05) is 11.5 Å². The standard InChI is InChI=1S/C18H16N2O5/c1-23-14-6-3-12(4-7-14)11-25-17-8-5-13-9-15(24-2)10-16(20(21)22)18(13)19-17/h3-10H,11H2,1-2H3. The van der Waals surface area contributed by atoms with Crippen LogP contribution in [0.2, 0.25) is 0 Å². The van der Waals surface area contributed by atoms with Crippen molar-refractivity contribution in [2.75, 3.05) is 14.2 Å². The van der Waals surface area contributed by atoms with E-state index in [2.05, 4.69) is 4.98 Å². The summed E-state index contributed by atoms with van der Waals surface area (Å²) in [5.74, 6) is 1.49. The van der Waals surface area contributed by atoms with E-state index in [9.17, 15) is 10.1 Å². The third-order valence-corrected chi connectivity index (χ3v) is 3.70. The number of hydrogen-bond donors (Lipinski definition) is 0. The van der Waals surface area contributed by atoms with Gasteiger partial charge in [0.25, 0.3) is 5.69 Å². The predicted molar refractivity (Wildman–Crippen MR) is 92.3 cm³/mol. The zero-order chi connectivity index (χ0) is 17.8. The number of nitrogens with zero attached hydrogens (tertiary/aromatic N) is 2. The number of fused-ring (bicyclic) bond motifs is 1. The molecule has 0 fully saturated rings. The number of nitro groups is 1. The van der Waals surface area contributed by atoms with Crippen LogP contribution in [0.4, 0.5) is 5.69 Å². The number of rotatable bonds is 6. The van der Waals surface area contributed by atoms with Crippen LogP contribution in [-0.4, -0.2) is 24.1 Å². The molecule has 7 nitrogen and oxygen atoms in total. The van der Waals surface area contributed by atoms with Crippen molar-refractivity contribution in [2.45, 2.75) is 6.61 Å². The zero-order valence-corrected chi connectivity index (χ0v) is 13.8. The van der Waals surface area contributed by atoms with Crippen LogP contribution in [0, 0.1) is 10.1 Å². The van der Waals surface area contributed by atoms with E-state index in [1.165, 1.54) is 13.2 Å². The van der Waals surface area contributed by atoms with Crippen molar-refractivity contribution < 1.29 is 19.1 Å². The molecule has 0 spiro atoms. The Balaban J connectivity index is 1.86. The lowest BCUT2D eigenvalue weighted by molar-refractivity contribution is -0.383. The number of aromatic nitrogens is 1. The molecule has 3 aromatic rings. The molecule has 0 bridgehead atoms. The Labute approximate surface area is 143 Å². The fourth-order valence-corrected chi connectivity index (χ4v) is 2.39. The molecule has 2 aromatic carbocycles. The molecule has 0 aliphatic carbocycles. The van der Waals surface area contributed by atoms with Gasteiger partial charge in [-0.15, -0.1) is 0 Å². The average molecular weight is 340 g/mol.